The van der Waals surface area contributed by atoms with E-state index in [1.165, 1.54) is 12.8 Å². The second-order valence-electron chi connectivity index (χ2n) is 6.88. The second-order valence-corrected chi connectivity index (χ2v) is 6.88. The highest BCUT2D eigenvalue weighted by atomic mass is 16.5. The van der Waals surface area contributed by atoms with Gasteiger partial charge in [0.1, 0.15) is 11.6 Å². The number of pyridine rings is 1. The molecule has 2 heterocycles. The molecule has 5 nitrogen and oxygen atoms in total. The zero-order valence-electron chi connectivity index (χ0n) is 15.6. The van der Waals surface area contributed by atoms with Gasteiger partial charge in [-0.1, -0.05) is 19.1 Å². The summed E-state index contributed by atoms with van der Waals surface area (Å²) in [5.74, 6) is 2.56. The van der Waals surface area contributed by atoms with Gasteiger partial charge in [-0.05, 0) is 55.5 Å². The maximum atomic E-state index is 12.2. The molecule has 5 heteroatoms. The van der Waals surface area contributed by atoms with Gasteiger partial charge < -0.3 is 15.0 Å². The van der Waals surface area contributed by atoms with Crippen LogP contribution in [0, 0.1) is 5.92 Å². The van der Waals surface area contributed by atoms with E-state index in [1.807, 2.05) is 43.3 Å². The van der Waals surface area contributed by atoms with Crippen LogP contribution >= 0.6 is 0 Å². The van der Waals surface area contributed by atoms with E-state index < -0.39 is 0 Å². The Morgan fingerprint density at radius 1 is 1.19 bits per heavy atom. The summed E-state index contributed by atoms with van der Waals surface area (Å²) in [5, 5.41) is 2.92. The van der Waals surface area contributed by atoms with Gasteiger partial charge in [-0.15, -0.1) is 0 Å². The van der Waals surface area contributed by atoms with E-state index in [1.54, 1.807) is 6.20 Å². The molecule has 0 aliphatic carbocycles. The third kappa shape index (κ3) is 4.97. The van der Waals surface area contributed by atoms with Crippen LogP contribution in [0.1, 0.15) is 32.3 Å². The molecular weight excluding hydrogens is 326 g/mol. The Kier molecular flexibility index (Phi) is 6.10. The molecular formula is C21H27N3O2. The highest BCUT2D eigenvalue weighted by Gasteiger charge is 2.16. The predicted octanol–water partition coefficient (Wildman–Crippen LogP) is 3.90. The lowest BCUT2D eigenvalue weighted by molar-refractivity contribution is -0.115. The van der Waals surface area contributed by atoms with Gasteiger partial charge in [-0.3, -0.25) is 4.79 Å². The summed E-state index contributed by atoms with van der Waals surface area (Å²) in [6.07, 6.45) is 4.49. The fourth-order valence-corrected chi connectivity index (χ4v) is 3.15. The molecule has 138 valence electrons. The number of amides is 1. The molecule has 1 aliphatic rings. The van der Waals surface area contributed by atoms with Crippen LogP contribution in [0.3, 0.4) is 0 Å². The smallest absolute Gasteiger partial charge is 0.228 e. The lowest BCUT2D eigenvalue weighted by Gasteiger charge is -2.31. The SMILES string of the molecule is CCOc1ccc(CC(=O)Nc2ccc(N3CCC(C)CC3)nc2)cc1. The van der Waals surface area contributed by atoms with E-state index in [9.17, 15) is 4.79 Å². The number of benzene rings is 1. The lowest BCUT2D eigenvalue weighted by Crippen LogP contribution is -2.33. The molecule has 0 bridgehead atoms. The minimum absolute atomic E-state index is 0.0458. The first-order valence-electron chi connectivity index (χ1n) is 9.36. The largest absolute Gasteiger partial charge is 0.494 e. The number of carbonyl (C=O) groups excluding carboxylic acids is 1. The van der Waals surface area contributed by atoms with Crippen molar-refractivity contribution in [3.63, 3.8) is 0 Å². The molecule has 1 amide bonds. The van der Waals surface area contributed by atoms with Crippen molar-refractivity contribution >= 4 is 17.4 Å². The van der Waals surface area contributed by atoms with Crippen molar-refractivity contribution < 1.29 is 9.53 Å². The fourth-order valence-electron chi connectivity index (χ4n) is 3.15. The molecule has 1 fully saturated rings. The Balaban J connectivity index is 1.52. The number of ether oxygens (including phenoxy) is 1. The monoisotopic (exact) mass is 353 g/mol. The minimum Gasteiger partial charge on any atom is -0.494 e. The van der Waals surface area contributed by atoms with E-state index in [4.69, 9.17) is 4.74 Å². The van der Waals surface area contributed by atoms with Gasteiger partial charge >= 0.3 is 0 Å². The van der Waals surface area contributed by atoms with Gasteiger partial charge in [0.05, 0.1) is 24.9 Å². The molecule has 26 heavy (non-hydrogen) atoms. The number of hydrogen-bond acceptors (Lipinski definition) is 4. The molecule has 0 saturated carbocycles. The van der Waals surface area contributed by atoms with Gasteiger partial charge in [-0.25, -0.2) is 4.98 Å². The third-order valence-corrected chi connectivity index (χ3v) is 4.74. The quantitative estimate of drug-likeness (QED) is 0.856. The van der Waals surface area contributed by atoms with Crippen LogP contribution in [0.5, 0.6) is 5.75 Å². The van der Waals surface area contributed by atoms with E-state index in [2.05, 4.69) is 22.1 Å². The summed E-state index contributed by atoms with van der Waals surface area (Å²) in [6, 6.07) is 11.5. The Bertz CT molecular complexity index is 705. The molecule has 3 rings (SSSR count). The van der Waals surface area contributed by atoms with Crippen LogP contribution < -0.4 is 15.0 Å². The number of rotatable bonds is 6. The molecule has 0 unspecified atom stereocenters. The third-order valence-electron chi connectivity index (χ3n) is 4.74. The molecule has 2 aromatic rings. The summed E-state index contributed by atoms with van der Waals surface area (Å²) in [5.41, 5.74) is 1.69. The molecule has 0 atom stereocenters. The molecule has 0 spiro atoms. The van der Waals surface area contributed by atoms with Gasteiger partial charge in [0.2, 0.25) is 5.91 Å². The van der Waals surface area contributed by atoms with Crippen molar-refractivity contribution in [2.45, 2.75) is 33.1 Å². The van der Waals surface area contributed by atoms with Crippen molar-refractivity contribution in [2.24, 2.45) is 5.92 Å². The average molecular weight is 353 g/mol. The number of piperidine rings is 1. The fraction of sp³-hybridized carbons (Fsp3) is 0.429. The van der Waals surface area contributed by atoms with Crippen molar-refractivity contribution in [3.05, 3.63) is 48.2 Å². The summed E-state index contributed by atoms with van der Waals surface area (Å²) in [4.78, 5) is 19.1. The Morgan fingerprint density at radius 2 is 1.92 bits per heavy atom. The Labute approximate surface area is 155 Å². The minimum atomic E-state index is -0.0458. The van der Waals surface area contributed by atoms with E-state index in [-0.39, 0.29) is 5.91 Å². The molecule has 1 aromatic carbocycles. The molecule has 1 N–H and O–H groups in total. The van der Waals surface area contributed by atoms with Gasteiger partial charge in [0.25, 0.3) is 0 Å². The maximum absolute atomic E-state index is 12.2. The topological polar surface area (TPSA) is 54.5 Å². The predicted molar refractivity (Wildman–Crippen MR) is 105 cm³/mol. The van der Waals surface area contributed by atoms with Crippen LogP contribution in [0.25, 0.3) is 0 Å². The highest BCUT2D eigenvalue weighted by Crippen LogP contribution is 2.22. The number of anilines is 2. The van der Waals surface area contributed by atoms with E-state index >= 15 is 0 Å². The summed E-state index contributed by atoms with van der Waals surface area (Å²) in [6.45, 7) is 6.99. The number of nitrogens with one attached hydrogen (secondary N) is 1. The summed E-state index contributed by atoms with van der Waals surface area (Å²) < 4.78 is 5.42. The van der Waals surface area contributed by atoms with Crippen molar-refractivity contribution in [3.8, 4) is 5.75 Å². The number of aromatic nitrogens is 1. The maximum Gasteiger partial charge on any atom is 0.228 e. The zero-order chi connectivity index (χ0) is 18.4. The van der Waals surface area contributed by atoms with Crippen LogP contribution in [0.15, 0.2) is 42.6 Å². The molecule has 1 aliphatic heterocycles. The first-order valence-corrected chi connectivity index (χ1v) is 9.36. The lowest BCUT2D eigenvalue weighted by atomic mass is 9.99. The first kappa shape index (κ1) is 18.2. The zero-order valence-corrected chi connectivity index (χ0v) is 15.6. The summed E-state index contributed by atoms with van der Waals surface area (Å²) in [7, 11) is 0. The summed E-state index contributed by atoms with van der Waals surface area (Å²) >= 11 is 0. The van der Waals surface area contributed by atoms with Crippen molar-refractivity contribution in [1.82, 2.24) is 4.98 Å². The first-order chi connectivity index (χ1) is 12.6. The molecule has 1 aromatic heterocycles. The molecule has 1 saturated heterocycles. The number of hydrogen-bond donors (Lipinski definition) is 1. The van der Waals surface area contributed by atoms with E-state index in [0.717, 1.165) is 41.8 Å². The molecule has 0 radical (unpaired) electrons. The van der Waals surface area contributed by atoms with Crippen molar-refractivity contribution in [2.75, 3.05) is 29.9 Å². The average Bonchev–Trinajstić information content (AvgIpc) is 2.65. The number of nitrogens with zero attached hydrogens (tertiary/aromatic N) is 2. The standard InChI is InChI=1S/C21H27N3O2/c1-3-26-19-7-4-17(5-8-19)14-21(25)23-18-6-9-20(22-15-18)24-12-10-16(2)11-13-24/h4-9,15-16H,3,10-14H2,1-2H3,(H,23,25). The highest BCUT2D eigenvalue weighted by molar-refractivity contribution is 5.92. The number of carbonyl (C=O) groups is 1. The van der Waals surface area contributed by atoms with Gasteiger partial charge in [-0.2, -0.15) is 0 Å². The van der Waals surface area contributed by atoms with Gasteiger partial charge in [0, 0.05) is 13.1 Å². The van der Waals surface area contributed by atoms with Crippen LogP contribution in [-0.4, -0.2) is 30.6 Å². The van der Waals surface area contributed by atoms with Gasteiger partial charge in [0.15, 0.2) is 0 Å². The Morgan fingerprint density at radius 3 is 2.54 bits per heavy atom. The Hall–Kier alpha value is -2.56. The van der Waals surface area contributed by atoms with Crippen LogP contribution in [0.4, 0.5) is 11.5 Å². The normalized spacial score (nSPS) is 14.9. The van der Waals surface area contributed by atoms with Crippen LogP contribution in [0.2, 0.25) is 0 Å². The van der Waals surface area contributed by atoms with Crippen molar-refractivity contribution in [1.29, 1.82) is 0 Å². The second kappa shape index (κ2) is 8.70. The van der Waals surface area contributed by atoms with E-state index in [0.29, 0.717) is 13.0 Å². The van der Waals surface area contributed by atoms with Crippen LogP contribution in [-0.2, 0) is 11.2 Å².